The number of anilines is 1. The second-order valence-corrected chi connectivity index (χ2v) is 7.38. The van der Waals surface area contributed by atoms with Crippen molar-refractivity contribution in [3.63, 3.8) is 0 Å². The summed E-state index contributed by atoms with van der Waals surface area (Å²) in [6, 6.07) is 16.6. The zero-order valence-electron chi connectivity index (χ0n) is 14.5. The van der Waals surface area contributed by atoms with Gasteiger partial charge in [-0.3, -0.25) is 0 Å². The van der Waals surface area contributed by atoms with Crippen LogP contribution in [0.4, 0.5) is 15.8 Å². The van der Waals surface area contributed by atoms with Crippen molar-refractivity contribution in [3.8, 4) is 0 Å². The van der Waals surface area contributed by atoms with Gasteiger partial charge in [0.2, 0.25) is 0 Å². The fraction of sp³-hybridized carbons (Fsp3) is 0.143. The summed E-state index contributed by atoms with van der Waals surface area (Å²) in [5.41, 5.74) is 3.80. The van der Waals surface area contributed by atoms with E-state index in [9.17, 15) is 4.39 Å². The SMILES string of the molecule is CC(C)c1ccc2c(c1)NC(c1ccc(F)cc1)=NC(c1cccs1)=N2. The van der Waals surface area contributed by atoms with Crippen LogP contribution in [-0.2, 0) is 0 Å². The number of halogens is 1. The lowest BCUT2D eigenvalue weighted by Gasteiger charge is -2.13. The number of aliphatic imine (C=N–C) groups is 2. The Labute approximate surface area is 156 Å². The van der Waals surface area contributed by atoms with Gasteiger partial charge in [-0.15, -0.1) is 11.3 Å². The number of hydrogen-bond donors (Lipinski definition) is 1. The van der Waals surface area contributed by atoms with Gasteiger partial charge in [-0.1, -0.05) is 26.0 Å². The van der Waals surface area contributed by atoms with Gasteiger partial charge in [-0.25, -0.2) is 14.4 Å². The summed E-state index contributed by atoms with van der Waals surface area (Å²) in [6.45, 7) is 4.32. The molecule has 0 unspecified atom stereocenters. The van der Waals surface area contributed by atoms with Gasteiger partial charge in [0.05, 0.1) is 16.3 Å². The molecule has 0 saturated heterocycles. The lowest BCUT2D eigenvalue weighted by molar-refractivity contribution is 0.628. The average Bonchev–Trinajstić information content (AvgIpc) is 3.10. The molecule has 1 aromatic heterocycles. The van der Waals surface area contributed by atoms with Crippen molar-refractivity contribution in [1.82, 2.24) is 0 Å². The van der Waals surface area contributed by atoms with E-state index in [1.807, 2.05) is 23.6 Å². The van der Waals surface area contributed by atoms with Gasteiger partial charge < -0.3 is 5.32 Å². The first-order chi connectivity index (χ1) is 12.6. The zero-order chi connectivity index (χ0) is 18.1. The Balaban J connectivity index is 1.86. The molecule has 0 bridgehead atoms. The minimum Gasteiger partial charge on any atom is -0.338 e. The topological polar surface area (TPSA) is 36.8 Å². The summed E-state index contributed by atoms with van der Waals surface area (Å²) in [6.07, 6.45) is 0. The van der Waals surface area contributed by atoms with Crippen molar-refractivity contribution in [3.05, 3.63) is 81.8 Å². The first-order valence-electron chi connectivity index (χ1n) is 8.48. The maximum absolute atomic E-state index is 13.3. The van der Waals surface area contributed by atoms with Gasteiger partial charge in [0.25, 0.3) is 0 Å². The first kappa shape index (κ1) is 16.7. The number of amidine groups is 2. The van der Waals surface area contributed by atoms with E-state index in [1.54, 1.807) is 23.5 Å². The highest BCUT2D eigenvalue weighted by Crippen LogP contribution is 2.32. The Bertz CT molecular complexity index is 987. The Morgan fingerprint density at radius 2 is 1.81 bits per heavy atom. The summed E-state index contributed by atoms with van der Waals surface area (Å²) in [4.78, 5) is 10.5. The molecule has 4 rings (SSSR count). The van der Waals surface area contributed by atoms with E-state index in [4.69, 9.17) is 9.98 Å². The van der Waals surface area contributed by atoms with Gasteiger partial charge in [0.1, 0.15) is 11.7 Å². The van der Waals surface area contributed by atoms with Crippen molar-refractivity contribution in [1.29, 1.82) is 0 Å². The Kier molecular flexibility index (Phi) is 4.39. The predicted octanol–water partition coefficient (Wildman–Crippen LogP) is 5.96. The summed E-state index contributed by atoms with van der Waals surface area (Å²) >= 11 is 1.60. The molecule has 1 aliphatic rings. The molecular weight excluding hydrogens is 345 g/mol. The fourth-order valence-corrected chi connectivity index (χ4v) is 3.43. The maximum Gasteiger partial charge on any atom is 0.172 e. The highest BCUT2D eigenvalue weighted by molar-refractivity contribution is 7.12. The van der Waals surface area contributed by atoms with Crippen LogP contribution in [0.3, 0.4) is 0 Å². The van der Waals surface area contributed by atoms with Crippen LogP contribution in [0.1, 0.15) is 35.8 Å². The van der Waals surface area contributed by atoms with E-state index in [2.05, 4.69) is 31.3 Å². The van der Waals surface area contributed by atoms with Crippen LogP contribution in [0.2, 0.25) is 0 Å². The van der Waals surface area contributed by atoms with Crippen molar-refractivity contribution in [2.24, 2.45) is 9.98 Å². The molecule has 130 valence electrons. The third-order valence-electron chi connectivity index (χ3n) is 4.24. The normalized spacial score (nSPS) is 13.5. The second-order valence-electron chi connectivity index (χ2n) is 6.44. The van der Waals surface area contributed by atoms with Crippen molar-refractivity contribution in [2.75, 3.05) is 5.32 Å². The average molecular weight is 363 g/mol. The number of rotatable bonds is 3. The molecule has 2 aromatic carbocycles. The van der Waals surface area contributed by atoms with E-state index in [0.29, 0.717) is 17.6 Å². The third-order valence-corrected chi connectivity index (χ3v) is 5.11. The molecule has 0 radical (unpaired) electrons. The largest absolute Gasteiger partial charge is 0.338 e. The second kappa shape index (κ2) is 6.84. The van der Waals surface area contributed by atoms with Gasteiger partial charge in [0.15, 0.2) is 5.84 Å². The van der Waals surface area contributed by atoms with E-state index < -0.39 is 0 Å². The maximum atomic E-state index is 13.3. The minimum atomic E-state index is -0.266. The van der Waals surface area contributed by atoms with Crippen LogP contribution in [0.25, 0.3) is 0 Å². The monoisotopic (exact) mass is 363 g/mol. The van der Waals surface area contributed by atoms with Gasteiger partial charge >= 0.3 is 0 Å². The molecule has 3 nitrogen and oxygen atoms in total. The molecular formula is C21H18FN3S. The standard InChI is InChI=1S/C21H18FN3S/c1-13(2)15-7-10-17-18(12-15)24-20(14-5-8-16(22)9-6-14)25-21(23-17)19-4-3-11-26-19/h3-13H,1-2H3,(H,23,24,25). The third kappa shape index (κ3) is 3.30. The summed E-state index contributed by atoms with van der Waals surface area (Å²) in [7, 11) is 0. The molecule has 0 atom stereocenters. The number of benzene rings is 2. The molecule has 0 saturated carbocycles. The van der Waals surface area contributed by atoms with Crippen LogP contribution in [0, 0.1) is 5.82 Å². The summed E-state index contributed by atoms with van der Waals surface area (Å²) < 4.78 is 13.3. The first-order valence-corrected chi connectivity index (χ1v) is 9.36. The number of nitrogens with zero attached hydrogens (tertiary/aromatic N) is 2. The molecule has 0 aliphatic carbocycles. The Hall–Kier alpha value is -2.79. The zero-order valence-corrected chi connectivity index (χ0v) is 15.3. The molecule has 0 spiro atoms. The van der Waals surface area contributed by atoms with Gasteiger partial charge in [-0.05, 0) is 59.3 Å². The smallest absolute Gasteiger partial charge is 0.172 e. The van der Waals surface area contributed by atoms with Crippen LogP contribution in [-0.4, -0.2) is 11.7 Å². The minimum absolute atomic E-state index is 0.266. The highest BCUT2D eigenvalue weighted by atomic mass is 32.1. The van der Waals surface area contributed by atoms with Crippen molar-refractivity contribution < 1.29 is 4.39 Å². The lowest BCUT2D eigenvalue weighted by atomic mass is 10.0. The quantitative estimate of drug-likeness (QED) is 0.612. The predicted molar refractivity (Wildman–Crippen MR) is 108 cm³/mol. The van der Waals surface area contributed by atoms with E-state index in [0.717, 1.165) is 21.8 Å². The van der Waals surface area contributed by atoms with Crippen LogP contribution in [0.5, 0.6) is 0 Å². The fourth-order valence-electron chi connectivity index (χ4n) is 2.77. The molecule has 0 fully saturated rings. The van der Waals surface area contributed by atoms with Crippen LogP contribution < -0.4 is 5.32 Å². The van der Waals surface area contributed by atoms with Gasteiger partial charge in [0, 0.05) is 5.56 Å². The molecule has 5 heteroatoms. The molecule has 1 N–H and O–H groups in total. The molecule has 1 aliphatic heterocycles. The van der Waals surface area contributed by atoms with Crippen LogP contribution >= 0.6 is 11.3 Å². The molecule has 26 heavy (non-hydrogen) atoms. The van der Waals surface area contributed by atoms with Crippen molar-refractivity contribution in [2.45, 2.75) is 19.8 Å². The van der Waals surface area contributed by atoms with E-state index >= 15 is 0 Å². The number of hydrogen-bond acceptors (Lipinski definition) is 4. The van der Waals surface area contributed by atoms with Gasteiger partial charge in [-0.2, -0.15) is 0 Å². The highest BCUT2D eigenvalue weighted by Gasteiger charge is 2.17. The van der Waals surface area contributed by atoms with Crippen LogP contribution in [0.15, 0.2) is 70.0 Å². The molecule has 2 heterocycles. The summed E-state index contributed by atoms with van der Waals surface area (Å²) in [5, 5.41) is 5.41. The Morgan fingerprint density at radius 3 is 2.50 bits per heavy atom. The summed E-state index contributed by atoms with van der Waals surface area (Å²) in [5.74, 6) is 1.47. The number of nitrogens with one attached hydrogen (secondary N) is 1. The van der Waals surface area contributed by atoms with E-state index in [1.165, 1.54) is 17.7 Å². The molecule has 3 aromatic rings. The number of thiophene rings is 1. The van der Waals surface area contributed by atoms with E-state index in [-0.39, 0.29) is 5.82 Å². The van der Waals surface area contributed by atoms with Crippen molar-refractivity contribution >= 4 is 34.4 Å². The lowest BCUT2D eigenvalue weighted by Crippen LogP contribution is -2.15. The number of fused-ring (bicyclic) bond motifs is 1. The Morgan fingerprint density at radius 1 is 1.00 bits per heavy atom. The molecule has 0 amide bonds.